The molecule has 0 radical (unpaired) electrons. The summed E-state index contributed by atoms with van der Waals surface area (Å²) in [4.78, 5) is 24.7. The molecule has 0 atom stereocenters. The van der Waals surface area contributed by atoms with E-state index in [1.165, 1.54) is 0 Å². The molecular weight excluding hydrogens is 196 g/mol. The van der Waals surface area contributed by atoms with E-state index in [1.807, 2.05) is 13.8 Å². The molecule has 0 unspecified atom stereocenters. The molecule has 1 aliphatic heterocycles. The lowest BCUT2D eigenvalue weighted by Gasteiger charge is -2.28. The topological polar surface area (TPSA) is 71.0 Å². The van der Waals surface area contributed by atoms with Crippen LogP contribution in [0.25, 0.3) is 0 Å². The Morgan fingerprint density at radius 1 is 1.47 bits per heavy atom. The second-order valence-electron chi connectivity index (χ2n) is 4.01. The first kappa shape index (κ1) is 9.95. The molecule has 0 fully saturated rings. The molecule has 0 saturated carbocycles. The number of aromatic nitrogens is 3. The fraction of sp³-hybridized carbons (Fsp3) is 0.667. The molecule has 2 rings (SSSR count). The van der Waals surface area contributed by atoms with Crippen molar-refractivity contribution >= 4 is 5.91 Å². The Kier molecular flexibility index (Phi) is 2.34. The van der Waals surface area contributed by atoms with E-state index < -0.39 is 0 Å². The summed E-state index contributed by atoms with van der Waals surface area (Å²) in [5.74, 6) is 0.735. The Balaban J connectivity index is 2.19. The van der Waals surface area contributed by atoms with Gasteiger partial charge in [0.25, 0.3) is 0 Å². The van der Waals surface area contributed by atoms with Crippen molar-refractivity contribution in [2.45, 2.75) is 26.9 Å². The highest BCUT2D eigenvalue weighted by molar-refractivity contribution is 5.78. The highest BCUT2D eigenvalue weighted by Crippen LogP contribution is 2.10. The van der Waals surface area contributed by atoms with Crippen LogP contribution >= 0.6 is 0 Å². The number of aromatic amines is 1. The van der Waals surface area contributed by atoms with Crippen molar-refractivity contribution in [3.05, 3.63) is 16.3 Å². The van der Waals surface area contributed by atoms with Gasteiger partial charge in [0, 0.05) is 19.0 Å². The summed E-state index contributed by atoms with van der Waals surface area (Å²) in [6.07, 6.45) is 0. The second-order valence-corrected chi connectivity index (χ2v) is 4.01. The molecule has 1 aliphatic rings. The number of fused-ring (bicyclic) bond motifs is 1. The highest BCUT2D eigenvalue weighted by atomic mass is 16.2. The minimum atomic E-state index is -0.193. The standard InChI is InChI=1S/C9H14N4O2/c1-6(2)8(14)12-3-4-13-7(5-12)10-11-9(13)15/h6H,3-5H2,1-2H3,(H,11,15). The summed E-state index contributed by atoms with van der Waals surface area (Å²) in [6, 6.07) is 0. The van der Waals surface area contributed by atoms with Gasteiger partial charge in [0.1, 0.15) is 0 Å². The minimum absolute atomic E-state index is 0.0118. The van der Waals surface area contributed by atoms with Gasteiger partial charge in [-0.05, 0) is 0 Å². The Hall–Kier alpha value is -1.59. The van der Waals surface area contributed by atoms with Gasteiger partial charge in [0.2, 0.25) is 5.91 Å². The van der Waals surface area contributed by atoms with Gasteiger partial charge in [0.15, 0.2) is 5.82 Å². The van der Waals surface area contributed by atoms with Crippen molar-refractivity contribution in [1.29, 1.82) is 0 Å². The quantitative estimate of drug-likeness (QED) is 0.683. The third-order valence-corrected chi connectivity index (χ3v) is 2.57. The maximum atomic E-state index is 11.7. The molecule has 6 heteroatoms. The number of nitrogens with zero attached hydrogens (tertiary/aromatic N) is 3. The van der Waals surface area contributed by atoms with E-state index in [-0.39, 0.29) is 17.5 Å². The average Bonchev–Trinajstić information content (AvgIpc) is 2.59. The van der Waals surface area contributed by atoms with E-state index in [0.29, 0.717) is 25.5 Å². The molecule has 1 amide bonds. The van der Waals surface area contributed by atoms with Gasteiger partial charge in [-0.2, -0.15) is 5.10 Å². The predicted octanol–water partition coefficient (Wildman–Crippen LogP) is -0.430. The van der Waals surface area contributed by atoms with Crippen LogP contribution in [-0.4, -0.2) is 32.1 Å². The summed E-state index contributed by atoms with van der Waals surface area (Å²) in [6.45, 7) is 5.28. The maximum absolute atomic E-state index is 11.7. The Morgan fingerprint density at radius 2 is 2.20 bits per heavy atom. The molecule has 0 bridgehead atoms. The fourth-order valence-corrected chi connectivity index (χ4v) is 1.73. The van der Waals surface area contributed by atoms with Crippen molar-refractivity contribution in [2.75, 3.05) is 6.54 Å². The molecular formula is C9H14N4O2. The summed E-state index contributed by atoms with van der Waals surface area (Å²) in [7, 11) is 0. The lowest BCUT2D eigenvalue weighted by Crippen LogP contribution is -2.42. The van der Waals surface area contributed by atoms with Gasteiger partial charge < -0.3 is 4.90 Å². The molecule has 2 heterocycles. The first-order valence-electron chi connectivity index (χ1n) is 5.02. The van der Waals surface area contributed by atoms with Crippen molar-refractivity contribution in [3.63, 3.8) is 0 Å². The summed E-state index contributed by atoms with van der Waals surface area (Å²) in [5, 5.41) is 6.27. The normalized spacial score (nSPS) is 15.5. The van der Waals surface area contributed by atoms with E-state index in [0.717, 1.165) is 0 Å². The van der Waals surface area contributed by atoms with Crippen LogP contribution in [0.1, 0.15) is 19.7 Å². The number of rotatable bonds is 1. The van der Waals surface area contributed by atoms with Crippen LogP contribution in [0.15, 0.2) is 4.79 Å². The van der Waals surface area contributed by atoms with Crippen molar-refractivity contribution in [1.82, 2.24) is 19.7 Å². The van der Waals surface area contributed by atoms with Gasteiger partial charge in [-0.25, -0.2) is 9.89 Å². The van der Waals surface area contributed by atoms with Crippen LogP contribution in [-0.2, 0) is 17.9 Å². The Morgan fingerprint density at radius 3 is 2.87 bits per heavy atom. The molecule has 1 N–H and O–H groups in total. The van der Waals surface area contributed by atoms with Crippen LogP contribution in [0, 0.1) is 5.92 Å². The zero-order valence-corrected chi connectivity index (χ0v) is 8.86. The zero-order chi connectivity index (χ0) is 11.0. The zero-order valence-electron chi connectivity index (χ0n) is 8.86. The van der Waals surface area contributed by atoms with E-state index in [9.17, 15) is 9.59 Å². The lowest BCUT2D eigenvalue weighted by atomic mass is 10.2. The Bertz CT molecular complexity index is 432. The first-order chi connectivity index (χ1) is 7.09. The van der Waals surface area contributed by atoms with Crippen molar-refractivity contribution in [3.8, 4) is 0 Å². The number of H-pyrrole nitrogens is 1. The summed E-state index contributed by atoms with van der Waals surface area (Å²) in [5.41, 5.74) is -0.193. The van der Waals surface area contributed by atoms with Crippen molar-refractivity contribution < 1.29 is 4.79 Å². The third-order valence-electron chi connectivity index (χ3n) is 2.57. The highest BCUT2D eigenvalue weighted by Gasteiger charge is 2.24. The van der Waals surface area contributed by atoms with Crippen molar-refractivity contribution in [2.24, 2.45) is 5.92 Å². The van der Waals surface area contributed by atoms with Gasteiger partial charge in [-0.15, -0.1) is 0 Å². The molecule has 0 spiro atoms. The average molecular weight is 210 g/mol. The largest absolute Gasteiger partial charge is 0.343 e. The molecule has 6 nitrogen and oxygen atoms in total. The maximum Gasteiger partial charge on any atom is 0.343 e. The predicted molar refractivity (Wildman–Crippen MR) is 53.1 cm³/mol. The van der Waals surface area contributed by atoms with Gasteiger partial charge in [-0.3, -0.25) is 9.36 Å². The van der Waals surface area contributed by atoms with E-state index in [2.05, 4.69) is 10.2 Å². The summed E-state index contributed by atoms with van der Waals surface area (Å²) >= 11 is 0. The molecule has 0 aromatic carbocycles. The number of carbonyl (C=O) groups is 1. The van der Waals surface area contributed by atoms with Gasteiger partial charge >= 0.3 is 5.69 Å². The molecule has 0 saturated heterocycles. The molecule has 82 valence electrons. The van der Waals surface area contributed by atoms with E-state index in [1.54, 1.807) is 9.47 Å². The van der Waals surface area contributed by atoms with Gasteiger partial charge in [-0.1, -0.05) is 13.8 Å². The van der Waals surface area contributed by atoms with Crippen LogP contribution in [0.4, 0.5) is 0 Å². The van der Waals surface area contributed by atoms with E-state index in [4.69, 9.17) is 0 Å². The van der Waals surface area contributed by atoms with Crippen LogP contribution in [0.3, 0.4) is 0 Å². The van der Waals surface area contributed by atoms with Crippen LogP contribution < -0.4 is 5.69 Å². The Labute approximate surface area is 86.9 Å². The summed E-state index contributed by atoms with van der Waals surface area (Å²) < 4.78 is 1.57. The molecule has 1 aromatic heterocycles. The molecule has 0 aliphatic carbocycles. The minimum Gasteiger partial charge on any atom is -0.333 e. The van der Waals surface area contributed by atoms with E-state index >= 15 is 0 Å². The molecule has 1 aromatic rings. The second kappa shape index (κ2) is 3.52. The van der Waals surface area contributed by atoms with Crippen LogP contribution in [0.5, 0.6) is 0 Å². The van der Waals surface area contributed by atoms with Crippen LogP contribution in [0.2, 0.25) is 0 Å². The lowest BCUT2D eigenvalue weighted by molar-refractivity contribution is -0.136. The fourth-order valence-electron chi connectivity index (χ4n) is 1.73. The number of hydrogen-bond acceptors (Lipinski definition) is 3. The first-order valence-corrected chi connectivity index (χ1v) is 5.02. The third kappa shape index (κ3) is 1.67. The SMILES string of the molecule is CC(C)C(=O)N1CCn2c(n[nH]c2=O)C1. The number of hydrogen-bond donors (Lipinski definition) is 1. The number of amides is 1. The smallest absolute Gasteiger partial charge is 0.333 e. The monoisotopic (exact) mass is 210 g/mol. The number of carbonyl (C=O) groups excluding carboxylic acids is 1. The number of nitrogens with one attached hydrogen (secondary N) is 1. The molecule has 15 heavy (non-hydrogen) atoms. The van der Waals surface area contributed by atoms with Gasteiger partial charge in [0.05, 0.1) is 6.54 Å².